The van der Waals surface area contributed by atoms with E-state index in [0.717, 1.165) is 11.3 Å². The fourth-order valence-corrected chi connectivity index (χ4v) is 2.67. The first kappa shape index (κ1) is 14.9. The molecule has 2 nitrogen and oxygen atoms in total. The molecule has 1 amide bonds. The van der Waals surface area contributed by atoms with E-state index >= 15 is 0 Å². The van der Waals surface area contributed by atoms with Crippen LogP contribution in [-0.2, 0) is 11.3 Å². The lowest BCUT2D eigenvalue weighted by Gasteiger charge is -2.05. The Morgan fingerprint density at radius 2 is 1.75 bits per heavy atom. The molecule has 0 aliphatic heterocycles. The molecule has 0 heterocycles. The molecule has 0 saturated carbocycles. The Balaban J connectivity index is 1.67. The third-order valence-electron chi connectivity index (χ3n) is 2.74. The van der Waals surface area contributed by atoms with Gasteiger partial charge in [0.05, 0.1) is 0 Å². The summed E-state index contributed by atoms with van der Waals surface area (Å²) in [7, 11) is 0. The van der Waals surface area contributed by atoms with Crippen LogP contribution in [0.2, 0.25) is 5.02 Å². The normalized spacial score (nSPS) is 10.2. The Morgan fingerprint density at radius 3 is 2.45 bits per heavy atom. The van der Waals surface area contributed by atoms with Gasteiger partial charge in [0, 0.05) is 28.6 Å². The smallest absolute Gasteiger partial charge is 0.221 e. The van der Waals surface area contributed by atoms with Crippen LogP contribution in [0.25, 0.3) is 0 Å². The van der Waals surface area contributed by atoms with Crippen molar-refractivity contribution >= 4 is 29.3 Å². The van der Waals surface area contributed by atoms with Gasteiger partial charge in [-0.3, -0.25) is 4.79 Å². The average Bonchev–Trinajstić information content (AvgIpc) is 2.48. The van der Waals surface area contributed by atoms with Crippen molar-refractivity contribution in [1.29, 1.82) is 0 Å². The highest BCUT2D eigenvalue weighted by molar-refractivity contribution is 7.99. The molecule has 2 rings (SSSR count). The molecule has 4 heteroatoms. The van der Waals surface area contributed by atoms with Crippen molar-refractivity contribution < 1.29 is 4.79 Å². The van der Waals surface area contributed by atoms with E-state index in [1.807, 2.05) is 42.5 Å². The van der Waals surface area contributed by atoms with E-state index in [4.69, 9.17) is 11.6 Å². The van der Waals surface area contributed by atoms with E-state index in [1.54, 1.807) is 11.8 Å². The zero-order chi connectivity index (χ0) is 14.2. The molecule has 0 aromatic heterocycles. The maximum absolute atomic E-state index is 11.7. The van der Waals surface area contributed by atoms with Crippen LogP contribution in [0.15, 0.2) is 59.5 Å². The number of hydrogen-bond donors (Lipinski definition) is 1. The zero-order valence-electron chi connectivity index (χ0n) is 11.0. The number of benzene rings is 2. The quantitative estimate of drug-likeness (QED) is 0.813. The van der Waals surface area contributed by atoms with Crippen molar-refractivity contribution in [3.8, 4) is 0 Å². The maximum Gasteiger partial charge on any atom is 0.221 e. The highest BCUT2D eigenvalue weighted by atomic mass is 35.5. The first-order chi connectivity index (χ1) is 9.74. The van der Waals surface area contributed by atoms with Crippen molar-refractivity contribution in [3.63, 3.8) is 0 Å². The second kappa shape index (κ2) is 7.98. The molecular weight excluding hydrogens is 290 g/mol. The van der Waals surface area contributed by atoms with Gasteiger partial charge in [0.2, 0.25) is 5.91 Å². The van der Waals surface area contributed by atoms with Gasteiger partial charge in [-0.25, -0.2) is 0 Å². The Morgan fingerprint density at radius 1 is 1.05 bits per heavy atom. The van der Waals surface area contributed by atoms with Gasteiger partial charge in [-0.05, 0) is 29.8 Å². The first-order valence-electron chi connectivity index (χ1n) is 6.43. The molecule has 0 aliphatic carbocycles. The number of halogens is 1. The fraction of sp³-hybridized carbons (Fsp3) is 0.188. The summed E-state index contributed by atoms with van der Waals surface area (Å²) >= 11 is 7.51. The van der Waals surface area contributed by atoms with Crippen LogP contribution in [0.1, 0.15) is 12.0 Å². The molecule has 0 saturated heterocycles. The van der Waals surface area contributed by atoms with E-state index in [1.165, 1.54) is 4.90 Å². The summed E-state index contributed by atoms with van der Waals surface area (Å²) < 4.78 is 0. The second-order valence-electron chi connectivity index (χ2n) is 4.31. The summed E-state index contributed by atoms with van der Waals surface area (Å²) in [6.45, 7) is 0.548. The average molecular weight is 306 g/mol. The first-order valence-corrected chi connectivity index (χ1v) is 7.79. The monoisotopic (exact) mass is 305 g/mol. The minimum atomic E-state index is 0.0726. The third kappa shape index (κ3) is 5.27. The van der Waals surface area contributed by atoms with Crippen LogP contribution < -0.4 is 5.32 Å². The van der Waals surface area contributed by atoms with E-state index < -0.39 is 0 Å². The summed E-state index contributed by atoms with van der Waals surface area (Å²) in [5.74, 6) is 0.861. The minimum absolute atomic E-state index is 0.0726. The summed E-state index contributed by atoms with van der Waals surface area (Å²) in [5, 5.41) is 3.62. The van der Waals surface area contributed by atoms with Crippen molar-refractivity contribution in [2.24, 2.45) is 0 Å². The van der Waals surface area contributed by atoms with Gasteiger partial charge in [0.15, 0.2) is 0 Å². The molecule has 20 heavy (non-hydrogen) atoms. The van der Waals surface area contributed by atoms with Crippen LogP contribution in [0.3, 0.4) is 0 Å². The van der Waals surface area contributed by atoms with E-state index in [-0.39, 0.29) is 5.91 Å². The number of carbonyl (C=O) groups is 1. The van der Waals surface area contributed by atoms with Gasteiger partial charge in [0.1, 0.15) is 0 Å². The third-order valence-corrected chi connectivity index (χ3v) is 4.01. The lowest BCUT2D eigenvalue weighted by Crippen LogP contribution is -2.22. The molecular formula is C16H16ClNOS. The number of hydrogen-bond acceptors (Lipinski definition) is 2. The molecule has 0 spiro atoms. The molecule has 0 radical (unpaired) electrons. The predicted octanol–water partition coefficient (Wildman–Crippen LogP) is 4.14. The Bertz CT molecular complexity index is 542. The molecule has 1 N–H and O–H groups in total. The van der Waals surface area contributed by atoms with Gasteiger partial charge < -0.3 is 5.32 Å². The fourth-order valence-electron chi connectivity index (χ4n) is 1.67. The molecule has 0 aliphatic rings. The maximum atomic E-state index is 11.7. The van der Waals surface area contributed by atoms with Crippen molar-refractivity contribution in [1.82, 2.24) is 5.32 Å². The van der Waals surface area contributed by atoms with Crippen LogP contribution in [-0.4, -0.2) is 11.7 Å². The summed E-state index contributed by atoms with van der Waals surface area (Å²) in [6.07, 6.45) is 0.521. The van der Waals surface area contributed by atoms with Crippen LogP contribution in [0, 0.1) is 0 Å². The Hall–Kier alpha value is -1.45. The van der Waals surface area contributed by atoms with Crippen LogP contribution >= 0.6 is 23.4 Å². The molecule has 0 unspecified atom stereocenters. The lowest BCUT2D eigenvalue weighted by atomic mass is 10.2. The largest absolute Gasteiger partial charge is 0.352 e. The van der Waals surface area contributed by atoms with E-state index in [2.05, 4.69) is 17.4 Å². The molecule has 0 fully saturated rings. The van der Waals surface area contributed by atoms with Crippen molar-refractivity contribution in [2.75, 3.05) is 5.75 Å². The van der Waals surface area contributed by atoms with Crippen molar-refractivity contribution in [2.45, 2.75) is 17.9 Å². The molecule has 2 aromatic carbocycles. The van der Waals surface area contributed by atoms with Gasteiger partial charge in [-0.1, -0.05) is 41.9 Å². The highest BCUT2D eigenvalue weighted by Crippen LogP contribution is 2.17. The molecule has 2 aromatic rings. The standard InChI is InChI=1S/C16H16ClNOS/c17-14-8-6-13(7-9-14)12-18-16(19)10-11-20-15-4-2-1-3-5-15/h1-9H,10-12H2,(H,18,19). The highest BCUT2D eigenvalue weighted by Gasteiger charge is 2.02. The Kier molecular flexibility index (Phi) is 5.96. The molecule has 0 atom stereocenters. The summed E-state index contributed by atoms with van der Waals surface area (Å²) in [5.41, 5.74) is 1.05. The van der Waals surface area contributed by atoms with Gasteiger partial charge >= 0.3 is 0 Å². The van der Waals surface area contributed by atoms with Crippen LogP contribution in [0.5, 0.6) is 0 Å². The Labute approximate surface area is 128 Å². The van der Waals surface area contributed by atoms with Gasteiger partial charge in [-0.15, -0.1) is 11.8 Å². The van der Waals surface area contributed by atoms with E-state index in [0.29, 0.717) is 18.0 Å². The minimum Gasteiger partial charge on any atom is -0.352 e. The lowest BCUT2D eigenvalue weighted by molar-refractivity contribution is -0.120. The summed E-state index contributed by atoms with van der Waals surface area (Å²) in [4.78, 5) is 12.9. The molecule has 104 valence electrons. The number of nitrogens with one attached hydrogen (secondary N) is 1. The number of amides is 1. The SMILES string of the molecule is O=C(CCSc1ccccc1)NCc1ccc(Cl)cc1. The zero-order valence-corrected chi connectivity index (χ0v) is 12.6. The topological polar surface area (TPSA) is 29.1 Å². The number of thioether (sulfide) groups is 1. The predicted molar refractivity (Wildman–Crippen MR) is 85.1 cm³/mol. The van der Waals surface area contributed by atoms with Gasteiger partial charge in [0.25, 0.3) is 0 Å². The van der Waals surface area contributed by atoms with Crippen LogP contribution in [0.4, 0.5) is 0 Å². The second-order valence-corrected chi connectivity index (χ2v) is 5.92. The van der Waals surface area contributed by atoms with E-state index in [9.17, 15) is 4.79 Å². The number of carbonyl (C=O) groups excluding carboxylic acids is 1. The van der Waals surface area contributed by atoms with Gasteiger partial charge in [-0.2, -0.15) is 0 Å². The summed E-state index contributed by atoms with van der Waals surface area (Å²) in [6, 6.07) is 17.6. The van der Waals surface area contributed by atoms with Crippen molar-refractivity contribution in [3.05, 3.63) is 65.2 Å². The number of rotatable bonds is 6. The molecule has 0 bridgehead atoms.